The van der Waals surface area contributed by atoms with Gasteiger partial charge in [0.25, 0.3) is 5.56 Å². The smallest absolute Gasteiger partial charge is 0.347 e. The first-order valence-corrected chi connectivity index (χ1v) is 4.65. The van der Waals surface area contributed by atoms with E-state index in [1.807, 2.05) is 0 Å². The SMILES string of the molecule is O=c1cnn(C2CCC(CO)O2)c(=O)[nH]1. The number of rotatable bonds is 2. The Bertz CT molecular complexity index is 452. The first-order valence-electron chi connectivity index (χ1n) is 4.65. The van der Waals surface area contributed by atoms with Gasteiger partial charge in [0, 0.05) is 0 Å². The molecule has 2 atom stereocenters. The summed E-state index contributed by atoms with van der Waals surface area (Å²) in [7, 11) is 0. The highest BCUT2D eigenvalue weighted by molar-refractivity contribution is 4.75. The van der Waals surface area contributed by atoms with Crippen LogP contribution < -0.4 is 11.2 Å². The minimum atomic E-state index is -0.592. The van der Waals surface area contributed by atoms with E-state index in [0.29, 0.717) is 12.8 Å². The van der Waals surface area contributed by atoms with Crippen molar-refractivity contribution in [2.24, 2.45) is 0 Å². The van der Waals surface area contributed by atoms with Gasteiger partial charge in [0.1, 0.15) is 6.20 Å². The maximum atomic E-state index is 11.3. The van der Waals surface area contributed by atoms with Crippen molar-refractivity contribution in [2.75, 3.05) is 6.61 Å². The van der Waals surface area contributed by atoms with E-state index < -0.39 is 17.5 Å². The summed E-state index contributed by atoms with van der Waals surface area (Å²) in [5.74, 6) is 0. The minimum absolute atomic E-state index is 0.0748. The topological polar surface area (TPSA) is 97.2 Å². The Morgan fingerprint density at radius 3 is 3.00 bits per heavy atom. The average Bonchev–Trinajstić information content (AvgIpc) is 2.66. The summed E-state index contributed by atoms with van der Waals surface area (Å²) in [4.78, 5) is 24.2. The number of hydrogen-bond acceptors (Lipinski definition) is 5. The van der Waals surface area contributed by atoms with Gasteiger partial charge in [0.05, 0.1) is 12.7 Å². The van der Waals surface area contributed by atoms with Gasteiger partial charge in [0.15, 0.2) is 6.23 Å². The van der Waals surface area contributed by atoms with E-state index in [2.05, 4.69) is 10.1 Å². The summed E-state index contributed by atoms with van der Waals surface area (Å²) >= 11 is 0. The number of H-pyrrole nitrogens is 1. The van der Waals surface area contributed by atoms with Crippen molar-refractivity contribution in [2.45, 2.75) is 25.2 Å². The van der Waals surface area contributed by atoms with Crippen LogP contribution in [-0.4, -0.2) is 32.6 Å². The fourth-order valence-corrected chi connectivity index (χ4v) is 1.57. The summed E-state index contributed by atoms with van der Waals surface area (Å²) in [5, 5.41) is 12.5. The van der Waals surface area contributed by atoms with Crippen molar-refractivity contribution in [1.29, 1.82) is 0 Å². The molecule has 1 aliphatic rings. The second-order valence-corrected chi connectivity index (χ2v) is 3.36. The van der Waals surface area contributed by atoms with Crippen molar-refractivity contribution in [1.82, 2.24) is 14.8 Å². The third-order valence-corrected chi connectivity index (χ3v) is 2.30. The number of aromatic amines is 1. The molecule has 2 unspecified atom stereocenters. The molecule has 2 N–H and O–H groups in total. The lowest BCUT2D eigenvalue weighted by Gasteiger charge is -2.12. The Kier molecular flexibility index (Phi) is 2.65. The molecule has 82 valence electrons. The van der Waals surface area contributed by atoms with E-state index in [-0.39, 0.29) is 12.7 Å². The van der Waals surface area contributed by atoms with Gasteiger partial charge in [-0.25, -0.2) is 4.79 Å². The molecule has 0 bridgehead atoms. The Morgan fingerprint density at radius 1 is 1.60 bits per heavy atom. The van der Waals surface area contributed by atoms with E-state index in [1.54, 1.807) is 0 Å². The molecule has 0 spiro atoms. The predicted octanol–water partition coefficient (Wildman–Crippen LogP) is -1.40. The van der Waals surface area contributed by atoms with Gasteiger partial charge in [0.2, 0.25) is 0 Å². The zero-order valence-corrected chi connectivity index (χ0v) is 7.92. The van der Waals surface area contributed by atoms with Crippen LogP contribution in [0.2, 0.25) is 0 Å². The normalized spacial score (nSPS) is 25.7. The van der Waals surface area contributed by atoms with Crippen LogP contribution in [-0.2, 0) is 4.74 Å². The quantitative estimate of drug-likeness (QED) is 0.629. The van der Waals surface area contributed by atoms with E-state index in [1.165, 1.54) is 0 Å². The van der Waals surface area contributed by atoms with Gasteiger partial charge in [-0.2, -0.15) is 9.78 Å². The van der Waals surface area contributed by atoms with Crippen LogP contribution in [0, 0.1) is 0 Å². The van der Waals surface area contributed by atoms with Gasteiger partial charge in [-0.05, 0) is 12.8 Å². The molecule has 1 aromatic rings. The molecule has 15 heavy (non-hydrogen) atoms. The zero-order valence-electron chi connectivity index (χ0n) is 7.92. The number of nitrogens with zero attached hydrogens (tertiary/aromatic N) is 2. The van der Waals surface area contributed by atoms with Crippen molar-refractivity contribution in [3.63, 3.8) is 0 Å². The van der Waals surface area contributed by atoms with E-state index >= 15 is 0 Å². The van der Waals surface area contributed by atoms with Gasteiger partial charge in [-0.1, -0.05) is 0 Å². The minimum Gasteiger partial charge on any atom is -0.394 e. The van der Waals surface area contributed by atoms with Crippen LogP contribution in [0.15, 0.2) is 15.8 Å². The maximum Gasteiger partial charge on any atom is 0.347 e. The maximum absolute atomic E-state index is 11.3. The molecule has 0 amide bonds. The molecular weight excluding hydrogens is 202 g/mol. The standard InChI is InChI=1S/C8H11N3O4/c12-4-5-1-2-7(15-5)11-8(14)10-6(13)3-9-11/h3,5,7,12H,1-2,4H2,(H,10,13,14). The average molecular weight is 213 g/mol. The lowest BCUT2D eigenvalue weighted by atomic mass is 10.2. The highest BCUT2D eigenvalue weighted by Gasteiger charge is 2.27. The highest BCUT2D eigenvalue weighted by atomic mass is 16.5. The summed E-state index contributed by atoms with van der Waals surface area (Å²) in [6.07, 6.45) is 1.55. The fraction of sp³-hybridized carbons (Fsp3) is 0.625. The van der Waals surface area contributed by atoms with Crippen LogP contribution in [0.25, 0.3) is 0 Å². The first-order chi connectivity index (χ1) is 7.20. The largest absolute Gasteiger partial charge is 0.394 e. The van der Waals surface area contributed by atoms with Crippen molar-refractivity contribution in [3.8, 4) is 0 Å². The molecule has 1 saturated heterocycles. The number of aromatic nitrogens is 3. The van der Waals surface area contributed by atoms with Gasteiger partial charge < -0.3 is 9.84 Å². The zero-order chi connectivity index (χ0) is 10.8. The molecule has 1 aromatic heterocycles. The fourth-order valence-electron chi connectivity index (χ4n) is 1.57. The molecule has 2 rings (SSSR count). The predicted molar refractivity (Wildman–Crippen MR) is 49.3 cm³/mol. The second-order valence-electron chi connectivity index (χ2n) is 3.36. The Morgan fingerprint density at radius 2 is 2.40 bits per heavy atom. The summed E-state index contributed by atoms with van der Waals surface area (Å²) in [6, 6.07) is 0. The number of hydrogen-bond donors (Lipinski definition) is 2. The Balaban J connectivity index is 2.24. The van der Waals surface area contributed by atoms with Gasteiger partial charge in [-0.3, -0.25) is 9.78 Å². The lowest BCUT2D eigenvalue weighted by Crippen LogP contribution is -2.34. The molecule has 0 radical (unpaired) electrons. The molecule has 1 fully saturated rings. The van der Waals surface area contributed by atoms with Gasteiger partial charge in [-0.15, -0.1) is 0 Å². The lowest BCUT2D eigenvalue weighted by molar-refractivity contribution is -0.0313. The van der Waals surface area contributed by atoms with Crippen molar-refractivity contribution >= 4 is 0 Å². The molecule has 1 aliphatic heterocycles. The third kappa shape index (κ3) is 1.97. The molecule has 0 saturated carbocycles. The van der Waals surface area contributed by atoms with E-state index in [0.717, 1.165) is 10.9 Å². The van der Waals surface area contributed by atoms with E-state index in [9.17, 15) is 9.59 Å². The monoisotopic (exact) mass is 213 g/mol. The number of ether oxygens (including phenoxy) is 1. The van der Waals surface area contributed by atoms with Crippen LogP contribution in [0.3, 0.4) is 0 Å². The molecule has 2 heterocycles. The number of nitrogens with one attached hydrogen (secondary N) is 1. The second kappa shape index (κ2) is 3.95. The van der Waals surface area contributed by atoms with Crippen LogP contribution in [0.1, 0.15) is 19.1 Å². The summed E-state index contributed by atoms with van der Waals surface area (Å²) < 4.78 is 6.43. The van der Waals surface area contributed by atoms with Crippen LogP contribution in [0.4, 0.5) is 0 Å². The van der Waals surface area contributed by atoms with E-state index in [4.69, 9.17) is 9.84 Å². The van der Waals surface area contributed by atoms with Gasteiger partial charge >= 0.3 is 5.69 Å². The molecule has 0 aromatic carbocycles. The van der Waals surface area contributed by atoms with Crippen LogP contribution >= 0.6 is 0 Å². The van der Waals surface area contributed by atoms with Crippen molar-refractivity contribution < 1.29 is 9.84 Å². The summed E-state index contributed by atoms with van der Waals surface area (Å²) in [5.41, 5.74) is -1.13. The molecule has 7 heteroatoms. The highest BCUT2D eigenvalue weighted by Crippen LogP contribution is 2.25. The summed E-state index contributed by atoms with van der Waals surface area (Å²) in [6.45, 7) is -0.0748. The Hall–Kier alpha value is -1.47. The molecule has 0 aliphatic carbocycles. The Labute approximate surface area is 84.3 Å². The molecular formula is C8H11N3O4. The third-order valence-electron chi connectivity index (χ3n) is 2.30. The van der Waals surface area contributed by atoms with Crippen LogP contribution in [0.5, 0.6) is 0 Å². The molecule has 7 nitrogen and oxygen atoms in total. The number of aliphatic hydroxyl groups is 1. The first kappa shape index (κ1) is 10.1. The van der Waals surface area contributed by atoms with Crippen molar-refractivity contribution in [3.05, 3.63) is 27.0 Å². The number of aliphatic hydroxyl groups excluding tert-OH is 1.